The molecule has 1 aromatic heterocycles. The first-order chi connectivity index (χ1) is 6.56. The third kappa shape index (κ3) is 1.88. The molecule has 3 N–H and O–H groups in total. The van der Waals surface area contributed by atoms with Gasteiger partial charge in [-0.15, -0.1) is 0 Å². The maximum atomic E-state index is 10.5. The van der Waals surface area contributed by atoms with E-state index in [1.54, 1.807) is 6.07 Å². The lowest BCUT2D eigenvalue weighted by molar-refractivity contribution is 0.0690. The van der Waals surface area contributed by atoms with E-state index in [-0.39, 0.29) is 16.9 Å². The molecule has 0 aliphatic rings. The van der Waals surface area contributed by atoms with Crippen molar-refractivity contribution in [2.45, 2.75) is 0 Å². The summed E-state index contributed by atoms with van der Waals surface area (Å²) in [5, 5.41) is 34.6. The van der Waals surface area contributed by atoms with Gasteiger partial charge in [0.2, 0.25) is 0 Å². The Morgan fingerprint density at radius 1 is 1.50 bits per heavy atom. The molecule has 0 aliphatic heterocycles. The van der Waals surface area contributed by atoms with Crippen LogP contribution in [0.4, 0.5) is 0 Å². The molecule has 0 saturated heterocycles. The second-order valence-corrected chi connectivity index (χ2v) is 2.42. The Bertz CT molecular complexity index is 413. The van der Waals surface area contributed by atoms with E-state index >= 15 is 0 Å². The van der Waals surface area contributed by atoms with Crippen molar-refractivity contribution in [2.75, 3.05) is 0 Å². The van der Waals surface area contributed by atoms with Crippen molar-refractivity contribution in [2.24, 2.45) is 0 Å². The van der Waals surface area contributed by atoms with Gasteiger partial charge < -0.3 is 15.2 Å². The summed E-state index contributed by atoms with van der Waals surface area (Å²) in [5.41, 5.74) is -0.733. The zero-order valence-electron chi connectivity index (χ0n) is 6.88. The lowest BCUT2D eigenvalue weighted by Gasteiger charge is -2.01. The normalized spacial score (nSPS) is 9.21. The van der Waals surface area contributed by atoms with E-state index < -0.39 is 13.1 Å². The standard InChI is InChI=1S/C7H5BN2O4/c9-3-6-4(8(13)14)1-2-5(10-6)7(11)12/h1-2,13-14H,(H,11,12). The second-order valence-electron chi connectivity index (χ2n) is 2.42. The lowest BCUT2D eigenvalue weighted by atomic mass is 9.79. The van der Waals surface area contributed by atoms with Gasteiger partial charge in [0.15, 0.2) is 0 Å². The van der Waals surface area contributed by atoms with Crippen molar-refractivity contribution < 1.29 is 19.9 Å². The van der Waals surface area contributed by atoms with Gasteiger partial charge in [-0.2, -0.15) is 5.26 Å². The Kier molecular flexibility index (Phi) is 2.81. The number of carboxylic acids is 1. The SMILES string of the molecule is N#Cc1nc(C(=O)O)ccc1B(O)O. The van der Waals surface area contributed by atoms with Crippen LogP contribution in [0.3, 0.4) is 0 Å². The molecule has 1 rings (SSSR count). The highest BCUT2D eigenvalue weighted by Gasteiger charge is 2.18. The molecule has 1 aromatic rings. The molecule has 0 radical (unpaired) electrons. The molecule has 0 bridgehead atoms. The molecule has 0 unspecified atom stereocenters. The van der Waals surface area contributed by atoms with Crippen LogP contribution in [0.1, 0.15) is 16.2 Å². The number of pyridine rings is 1. The van der Waals surface area contributed by atoms with Gasteiger partial charge in [-0.05, 0) is 6.07 Å². The van der Waals surface area contributed by atoms with Gasteiger partial charge >= 0.3 is 13.1 Å². The molecule has 0 aliphatic carbocycles. The summed E-state index contributed by atoms with van der Waals surface area (Å²) in [4.78, 5) is 13.9. The molecule has 0 aromatic carbocycles. The number of hydrogen-bond acceptors (Lipinski definition) is 5. The molecule has 7 heteroatoms. The Balaban J connectivity index is 3.27. The quantitative estimate of drug-likeness (QED) is 0.482. The van der Waals surface area contributed by atoms with Crippen LogP contribution in [0.15, 0.2) is 12.1 Å². The van der Waals surface area contributed by atoms with Crippen molar-refractivity contribution in [3.8, 4) is 6.07 Å². The van der Waals surface area contributed by atoms with E-state index in [0.29, 0.717) is 0 Å². The minimum absolute atomic E-state index is 0.113. The first-order valence-electron chi connectivity index (χ1n) is 3.56. The predicted molar refractivity (Wildman–Crippen MR) is 45.7 cm³/mol. The van der Waals surface area contributed by atoms with Crippen LogP contribution in [0.5, 0.6) is 0 Å². The smallest absolute Gasteiger partial charge is 0.477 e. The van der Waals surface area contributed by atoms with E-state index in [4.69, 9.17) is 20.4 Å². The van der Waals surface area contributed by atoms with E-state index in [1.807, 2.05) is 0 Å². The maximum Gasteiger partial charge on any atom is 0.491 e. The van der Waals surface area contributed by atoms with Crippen LogP contribution in [0.2, 0.25) is 0 Å². The molecule has 14 heavy (non-hydrogen) atoms. The zero-order chi connectivity index (χ0) is 10.7. The van der Waals surface area contributed by atoms with E-state index in [0.717, 1.165) is 12.1 Å². The Morgan fingerprint density at radius 3 is 2.57 bits per heavy atom. The predicted octanol–water partition coefficient (Wildman–Crippen LogP) is -1.67. The van der Waals surface area contributed by atoms with Crippen LogP contribution in [0.25, 0.3) is 0 Å². The maximum absolute atomic E-state index is 10.5. The summed E-state index contributed by atoms with van der Waals surface area (Å²) in [5.74, 6) is -1.28. The minimum atomic E-state index is -1.83. The topological polar surface area (TPSA) is 114 Å². The summed E-state index contributed by atoms with van der Waals surface area (Å²) in [6.45, 7) is 0. The average molecular weight is 192 g/mol. The van der Waals surface area contributed by atoms with Crippen molar-refractivity contribution in [1.82, 2.24) is 4.98 Å². The highest BCUT2D eigenvalue weighted by Crippen LogP contribution is 1.97. The van der Waals surface area contributed by atoms with Crippen molar-refractivity contribution in [3.63, 3.8) is 0 Å². The highest BCUT2D eigenvalue weighted by atomic mass is 16.4. The zero-order valence-corrected chi connectivity index (χ0v) is 6.88. The molecule has 1 heterocycles. The number of hydrogen-bond donors (Lipinski definition) is 3. The van der Waals surface area contributed by atoms with E-state index in [2.05, 4.69) is 4.98 Å². The first kappa shape index (κ1) is 10.2. The first-order valence-corrected chi connectivity index (χ1v) is 3.56. The van der Waals surface area contributed by atoms with Gasteiger partial charge in [0.05, 0.1) is 0 Å². The molecule has 0 saturated carbocycles. The van der Waals surface area contributed by atoms with Crippen LogP contribution in [-0.4, -0.2) is 33.2 Å². The Hall–Kier alpha value is -1.91. The largest absolute Gasteiger partial charge is 0.491 e. The summed E-state index contributed by atoms with van der Waals surface area (Å²) in [6, 6.07) is 3.81. The van der Waals surface area contributed by atoms with Gasteiger partial charge in [0, 0.05) is 5.46 Å². The summed E-state index contributed by atoms with van der Waals surface area (Å²) in [6.07, 6.45) is 0. The Morgan fingerprint density at radius 2 is 2.14 bits per heavy atom. The molecular formula is C7H5BN2O4. The number of rotatable bonds is 2. The third-order valence-electron chi connectivity index (χ3n) is 1.53. The van der Waals surface area contributed by atoms with Crippen LogP contribution < -0.4 is 5.46 Å². The average Bonchev–Trinajstić information content (AvgIpc) is 2.16. The molecule has 70 valence electrons. The number of aromatic nitrogens is 1. The molecule has 0 spiro atoms. The number of carbonyl (C=O) groups is 1. The van der Waals surface area contributed by atoms with E-state index in [9.17, 15) is 4.79 Å². The van der Waals surface area contributed by atoms with Crippen LogP contribution in [-0.2, 0) is 0 Å². The number of nitrogens with zero attached hydrogens (tertiary/aromatic N) is 2. The fraction of sp³-hybridized carbons (Fsp3) is 0. The molecule has 0 amide bonds. The van der Waals surface area contributed by atoms with Gasteiger partial charge in [-0.25, -0.2) is 9.78 Å². The Labute approximate surface area is 79.2 Å². The van der Waals surface area contributed by atoms with Gasteiger partial charge in [-0.1, -0.05) is 6.07 Å². The van der Waals surface area contributed by atoms with E-state index in [1.165, 1.54) is 0 Å². The number of nitriles is 1. The second kappa shape index (κ2) is 3.87. The van der Waals surface area contributed by atoms with Crippen molar-refractivity contribution >= 4 is 18.6 Å². The van der Waals surface area contributed by atoms with Crippen molar-refractivity contribution in [3.05, 3.63) is 23.5 Å². The van der Waals surface area contributed by atoms with Crippen LogP contribution in [0, 0.1) is 11.3 Å². The third-order valence-corrected chi connectivity index (χ3v) is 1.53. The van der Waals surface area contributed by atoms with Gasteiger partial charge in [0.1, 0.15) is 17.5 Å². The lowest BCUT2D eigenvalue weighted by Crippen LogP contribution is -2.33. The minimum Gasteiger partial charge on any atom is -0.477 e. The fourth-order valence-electron chi connectivity index (χ4n) is 0.887. The summed E-state index contributed by atoms with van der Waals surface area (Å²) < 4.78 is 0. The van der Waals surface area contributed by atoms with Gasteiger partial charge in [0.25, 0.3) is 0 Å². The highest BCUT2D eigenvalue weighted by molar-refractivity contribution is 6.59. The molecule has 6 nitrogen and oxygen atoms in total. The fourth-order valence-corrected chi connectivity index (χ4v) is 0.887. The monoisotopic (exact) mass is 192 g/mol. The molecule has 0 atom stereocenters. The van der Waals surface area contributed by atoms with Crippen LogP contribution >= 0.6 is 0 Å². The number of carboxylic acid groups (broad SMARTS) is 1. The molecular weight excluding hydrogens is 187 g/mol. The summed E-state index contributed by atoms with van der Waals surface area (Å²) in [7, 11) is -1.83. The summed E-state index contributed by atoms with van der Waals surface area (Å²) >= 11 is 0. The van der Waals surface area contributed by atoms with Gasteiger partial charge in [-0.3, -0.25) is 0 Å². The van der Waals surface area contributed by atoms with Crippen molar-refractivity contribution in [1.29, 1.82) is 5.26 Å². The molecule has 0 fully saturated rings. The number of aromatic carboxylic acids is 1.